The number of hydrogen-bond donors (Lipinski definition) is 0. The quantitative estimate of drug-likeness (QED) is 0.729. The zero-order valence-electron chi connectivity index (χ0n) is 12.6. The topological polar surface area (TPSA) is 35.5 Å². The van der Waals surface area contributed by atoms with E-state index in [4.69, 9.17) is 9.47 Å². The lowest BCUT2D eigenvalue weighted by molar-refractivity contribution is -0.115. The van der Waals surface area contributed by atoms with Crippen molar-refractivity contribution in [3.05, 3.63) is 40.2 Å². The van der Waals surface area contributed by atoms with Crippen LogP contribution in [-0.4, -0.2) is 25.1 Å². The van der Waals surface area contributed by atoms with E-state index < -0.39 is 0 Å². The Morgan fingerprint density at radius 1 is 1.23 bits per heavy atom. The third kappa shape index (κ3) is 3.52. The summed E-state index contributed by atoms with van der Waals surface area (Å²) in [6.45, 7) is 0.293. The van der Waals surface area contributed by atoms with Crippen molar-refractivity contribution >= 4 is 35.4 Å². The molecule has 1 aliphatic carbocycles. The van der Waals surface area contributed by atoms with Gasteiger partial charge < -0.3 is 9.47 Å². The maximum absolute atomic E-state index is 12.1. The number of carbonyl (C=O) groups excluding carboxylic acids is 1. The number of carbonyl (C=O) groups is 1. The summed E-state index contributed by atoms with van der Waals surface area (Å²) in [4.78, 5) is 12.1. The Morgan fingerprint density at radius 3 is 2.77 bits per heavy atom. The van der Waals surface area contributed by atoms with Gasteiger partial charge in [-0.05, 0) is 42.5 Å². The van der Waals surface area contributed by atoms with Crippen LogP contribution in [0.1, 0.15) is 12.0 Å². The maximum atomic E-state index is 12.1. The van der Waals surface area contributed by atoms with Gasteiger partial charge in [-0.25, -0.2) is 0 Å². The molecule has 5 heteroatoms. The molecule has 0 amide bonds. The molecule has 1 fully saturated rings. The smallest absolute Gasteiger partial charge is 0.231 e. The van der Waals surface area contributed by atoms with Gasteiger partial charge in [0.1, 0.15) is 0 Å². The predicted molar refractivity (Wildman–Crippen MR) is 93.3 cm³/mol. The summed E-state index contributed by atoms with van der Waals surface area (Å²) in [6, 6.07) is 5.89. The second kappa shape index (κ2) is 6.84. The lowest BCUT2D eigenvalue weighted by Gasteiger charge is -1.98. The highest BCUT2D eigenvalue weighted by molar-refractivity contribution is 8.21. The Hall–Kier alpha value is -1.33. The lowest BCUT2D eigenvalue weighted by atomic mass is 10.1. The van der Waals surface area contributed by atoms with Gasteiger partial charge in [0.15, 0.2) is 17.3 Å². The summed E-state index contributed by atoms with van der Waals surface area (Å²) in [6.07, 6.45) is 10.9. The van der Waals surface area contributed by atoms with Gasteiger partial charge in [-0.2, -0.15) is 0 Å². The van der Waals surface area contributed by atoms with Gasteiger partial charge in [-0.3, -0.25) is 4.79 Å². The summed E-state index contributed by atoms with van der Waals surface area (Å²) in [5.41, 5.74) is 1.08. The summed E-state index contributed by atoms with van der Waals surface area (Å²) in [7, 11) is 0. The van der Waals surface area contributed by atoms with Crippen LogP contribution >= 0.6 is 23.5 Å². The fourth-order valence-electron chi connectivity index (χ4n) is 2.43. The Labute approximate surface area is 139 Å². The fraction of sp³-hybridized carbons (Fsp3) is 0.353. The molecule has 1 saturated carbocycles. The van der Waals surface area contributed by atoms with Crippen molar-refractivity contribution in [3.63, 3.8) is 0 Å². The van der Waals surface area contributed by atoms with E-state index in [2.05, 4.69) is 12.2 Å². The number of allylic oxidation sites excluding steroid dienone is 2. The second-order valence-electron chi connectivity index (χ2n) is 5.25. The van der Waals surface area contributed by atoms with Crippen LogP contribution in [0.5, 0.6) is 11.5 Å². The van der Waals surface area contributed by atoms with Gasteiger partial charge in [0, 0.05) is 16.2 Å². The molecule has 1 aromatic carbocycles. The Kier molecular flexibility index (Phi) is 4.84. The fourth-order valence-corrected chi connectivity index (χ4v) is 3.57. The van der Waals surface area contributed by atoms with Crippen LogP contribution in [0, 0.1) is 11.8 Å². The number of thioether (sulfide) groups is 2. The minimum atomic E-state index is 0.152. The number of fused-ring (bicyclic) bond motifs is 1. The molecule has 0 aromatic heterocycles. The molecule has 3 rings (SSSR count). The summed E-state index contributed by atoms with van der Waals surface area (Å²) in [5.74, 6) is 2.35. The molecule has 1 aromatic rings. The largest absolute Gasteiger partial charge is 0.454 e. The third-order valence-electron chi connectivity index (χ3n) is 3.80. The zero-order valence-corrected chi connectivity index (χ0v) is 14.2. The molecule has 2 aliphatic rings. The van der Waals surface area contributed by atoms with Crippen molar-refractivity contribution < 1.29 is 14.3 Å². The van der Waals surface area contributed by atoms with E-state index in [1.54, 1.807) is 29.6 Å². The van der Waals surface area contributed by atoms with Crippen LogP contribution in [0.25, 0.3) is 6.08 Å². The Balaban J connectivity index is 1.59. The van der Waals surface area contributed by atoms with E-state index in [9.17, 15) is 4.79 Å². The van der Waals surface area contributed by atoms with Crippen LogP contribution in [0.2, 0.25) is 0 Å². The van der Waals surface area contributed by atoms with Crippen LogP contribution in [0.4, 0.5) is 0 Å². The number of hydrogen-bond acceptors (Lipinski definition) is 5. The molecule has 22 heavy (non-hydrogen) atoms. The molecule has 116 valence electrons. The average molecular weight is 334 g/mol. The maximum Gasteiger partial charge on any atom is 0.231 e. The number of benzene rings is 1. The van der Waals surface area contributed by atoms with Crippen LogP contribution < -0.4 is 9.47 Å². The van der Waals surface area contributed by atoms with Crippen molar-refractivity contribution in [2.45, 2.75) is 6.42 Å². The minimum Gasteiger partial charge on any atom is -0.454 e. The van der Waals surface area contributed by atoms with Gasteiger partial charge in [0.05, 0.1) is 0 Å². The van der Waals surface area contributed by atoms with Crippen molar-refractivity contribution in [2.75, 3.05) is 19.3 Å². The molecule has 1 heterocycles. The van der Waals surface area contributed by atoms with Gasteiger partial charge >= 0.3 is 0 Å². The molecule has 0 radical (unpaired) electrons. The van der Waals surface area contributed by atoms with Crippen molar-refractivity contribution in [1.29, 1.82) is 0 Å². The highest BCUT2D eigenvalue weighted by atomic mass is 32.2. The van der Waals surface area contributed by atoms with Crippen LogP contribution in [0.3, 0.4) is 0 Å². The zero-order chi connectivity index (χ0) is 15.5. The molecule has 0 spiro atoms. The number of ketones is 1. The highest BCUT2D eigenvalue weighted by Crippen LogP contribution is 2.42. The summed E-state index contributed by atoms with van der Waals surface area (Å²) in [5, 5.41) is 0. The van der Waals surface area contributed by atoms with Gasteiger partial charge in [0.2, 0.25) is 6.79 Å². The highest BCUT2D eigenvalue weighted by Gasteiger charge is 2.39. The molecular weight excluding hydrogens is 316 g/mol. The monoisotopic (exact) mass is 334 g/mol. The first-order valence-corrected chi connectivity index (χ1v) is 9.57. The first kappa shape index (κ1) is 15.6. The van der Waals surface area contributed by atoms with Crippen LogP contribution in [-0.2, 0) is 4.79 Å². The van der Waals surface area contributed by atoms with Crippen molar-refractivity contribution in [2.24, 2.45) is 11.8 Å². The van der Waals surface area contributed by atoms with Gasteiger partial charge in [-0.15, -0.1) is 23.5 Å². The van der Waals surface area contributed by atoms with E-state index in [1.807, 2.05) is 30.7 Å². The van der Waals surface area contributed by atoms with Gasteiger partial charge in [0.25, 0.3) is 0 Å². The van der Waals surface area contributed by atoms with E-state index in [0.29, 0.717) is 12.7 Å². The molecular formula is C17H18O3S2. The average Bonchev–Trinajstić information content (AvgIpc) is 3.18. The third-order valence-corrected chi connectivity index (χ3v) is 5.84. The lowest BCUT2D eigenvalue weighted by Crippen LogP contribution is -1.97. The van der Waals surface area contributed by atoms with E-state index >= 15 is 0 Å². The molecule has 0 saturated heterocycles. The SMILES string of the molecule is CSC(=CC(=O)[C@@H]1C[C@H]1/C=C/c1ccc2c(c1)OCO2)SC. The van der Waals surface area contributed by atoms with Crippen LogP contribution in [0.15, 0.2) is 34.6 Å². The van der Waals surface area contributed by atoms with Crippen molar-refractivity contribution in [1.82, 2.24) is 0 Å². The number of rotatable bonds is 6. The van der Waals surface area contributed by atoms with E-state index in [1.165, 1.54) is 0 Å². The second-order valence-corrected chi connectivity index (χ2v) is 7.21. The molecule has 2 atom stereocenters. The normalized spacial score (nSPS) is 21.9. The molecule has 0 bridgehead atoms. The first-order valence-electron chi connectivity index (χ1n) is 7.12. The predicted octanol–water partition coefficient (Wildman–Crippen LogP) is 4.20. The Bertz CT molecular complexity index is 631. The summed E-state index contributed by atoms with van der Waals surface area (Å²) < 4.78 is 11.7. The van der Waals surface area contributed by atoms with E-state index in [-0.39, 0.29) is 11.7 Å². The molecule has 0 unspecified atom stereocenters. The van der Waals surface area contributed by atoms with E-state index in [0.717, 1.165) is 27.7 Å². The molecule has 1 aliphatic heterocycles. The minimum absolute atomic E-state index is 0.152. The summed E-state index contributed by atoms with van der Waals surface area (Å²) >= 11 is 3.25. The van der Waals surface area contributed by atoms with Crippen molar-refractivity contribution in [3.8, 4) is 11.5 Å². The van der Waals surface area contributed by atoms with Gasteiger partial charge in [-0.1, -0.05) is 18.2 Å². The Morgan fingerprint density at radius 2 is 2.00 bits per heavy atom. The molecule has 0 N–H and O–H groups in total. The number of ether oxygens (including phenoxy) is 2. The molecule has 3 nitrogen and oxygen atoms in total. The standard InChI is InChI=1S/C17H18O3S2/c1-21-17(22-2)9-14(18)13-8-12(13)5-3-11-4-6-15-16(7-11)20-10-19-15/h3-7,9,12-13H,8,10H2,1-2H3/b5-3+/t12-,13-/m1/s1. The first-order chi connectivity index (χ1) is 10.7.